The number of aliphatic carboxylic acids is 1. The van der Waals surface area contributed by atoms with E-state index in [2.05, 4.69) is 21.2 Å². The van der Waals surface area contributed by atoms with Crippen molar-refractivity contribution in [1.29, 1.82) is 0 Å². The van der Waals surface area contributed by atoms with Gasteiger partial charge in [0.1, 0.15) is 6.04 Å². The molecule has 1 aromatic rings. The molecule has 1 rings (SSSR count). The van der Waals surface area contributed by atoms with Gasteiger partial charge in [0.15, 0.2) is 0 Å². The van der Waals surface area contributed by atoms with Crippen LogP contribution in [0.1, 0.15) is 12.0 Å². The molecular weight excluding hydrogens is 364 g/mol. The van der Waals surface area contributed by atoms with Gasteiger partial charge in [0.05, 0.1) is 9.40 Å². The van der Waals surface area contributed by atoms with Crippen molar-refractivity contribution in [3.05, 3.63) is 38.3 Å². The Balaban J connectivity index is 2.53. The van der Waals surface area contributed by atoms with Crippen LogP contribution in [0.3, 0.4) is 0 Å². The Labute approximate surface area is 133 Å². The van der Waals surface area contributed by atoms with Crippen molar-refractivity contribution in [3.63, 3.8) is 0 Å². The molecule has 1 unspecified atom stereocenters. The maximum atomic E-state index is 10.8. The highest BCUT2D eigenvalue weighted by Crippen LogP contribution is 2.30. The molecule has 1 atom stereocenters. The molecule has 0 fully saturated rings. The van der Waals surface area contributed by atoms with Gasteiger partial charge in [-0.15, -0.1) is 0 Å². The number of hydrogen-bond donors (Lipinski definition) is 2. The number of nitrogens with zero attached hydrogens (tertiary/aromatic N) is 1. The van der Waals surface area contributed by atoms with Gasteiger partial charge in [0.2, 0.25) is 6.41 Å². The minimum atomic E-state index is -1.08. The summed E-state index contributed by atoms with van der Waals surface area (Å²) < 4.78 is 0.434. The molecule has 0 radical (unpaired) electrons. The van der Waals surface area contributed by atoms with E-state index >= 15 is 0 Å². The quantitative estimate of drug-likeness (QED) is 0.295. The maximum Gasteiger partial charge on any atom is 0.326 e. The van der Waals surface area contributed by atoms with E-state index in [0.29, 0.717) is 22.4 Å². The fraction of sp³-hybridized carbons (Fsp3) is 0.333. The number of benzene rings is 1. The lowest BCUT2D eigenvalue weighted by molar-refractivity contribution is -0.385. The summed E-state index contributed by atoms with van der Waals surface area (Å²) in [5.74, 6) is -0.0675. The highest BCUT2D eigenvalue weighted by molar-refractivity contribution is 9.10. The average Bonchev–Trinajstić information content (AvgIpc) is 2.43. The molecule has 0 saturated carbocycles. The van der Waals surface area contributed by atoms with Crippen molar-refractivity contribution in [2.24, 2.45) is 0 Å². The number of halogens is 1. The van der Waals surface area contributed by atoms with Crippen molar-refractivity contribution >= 4 is 45.8 Å². The van der Waals surface area contributed by atoms with E-state index in [4.69, 9.17) is 5.11 Å². The summed E-state index contributed by atoms with van der Waals surface area (Å²) in [5.41, 5.74) is 0.767. The standard InChI is InChI=1S/C12H13BrN2O5S/c13-11-8(2-1-3-10(11)15(19)20)6-21-5-4-9(12(17)18)14-7-16/h1-3,7,9H,4-6H2,(H,14,16)(H,17,18). The smallest absolute Gasteiger partial charge is 0.326 e. The first kappa shape index (κ1) is 17.4. The van der Waals surface area contributed by atoms with Gasteiger partial charge in [-0.25, -0.2) is 4.79 Å². The number of carboxylic acids is 1. The zero-order chi connectivity index (χ0) is 15.8. The van der Waals surface area contributed by atoms with E-state index in [9.17, 15) is 19.7 Å². The van der Waals surface area contributed by atoms with Crippen LogP contribution in [0.5, 0.6) is 0 Å². The number of nitrogens with one attached hydrogen (secondary N) is 1. The molecule has 0 bridgehead atoms. The number of amides is 1. The van der Waals surface area contributed by atoms with Crippen LogP contribution in [-0.2, 0) is 15.3 Å². The summed E-state index contributed by atoms with van der Waals surface area (Å²) in [6.45, 7) is 0. The van der Waals surface area contributed by atoms with E-state index in [1.165, 1.54) is 17.8 Å². The van der Waals surface area contributed by atoms with Gasteiger partial charge >= 0.3 is 5.97 Å². The first-order valence-corrected chi connectivity index (χ1v) is 7.84. The van der Waals surface area contributed by atoms with Gasteiger partial charge in [-0.3, -0.25) is 14.9 Å². The van der Waals surface area contributed by atoms with Gasteiger partial charge in [-0.2, -0.15) is 11.8 Å². The number of thioether (sulfide) groups is 1. The molecule has 2 N–H and O–H groups in total. The van der Waals surface area contributed by atoms with Crippen molar-refractivity contribution in [2.75, 3.05) is 5.75 Å². The first-order valence-electron chi connectivity index (χ1n) is 5.89. The third kappa shape index (κ3) is 5.35. The van der Waals surface area contributed by atoms with E-state index in [0.717, 1.165) is 5.56 Å². The zero-order valence-corrected chi connectivity index (χ0v) is 13.2. The van der Waals surface area contributed by atoms with Gasteiger partial charge in [-0.1, -0.05) is 12.1 Å². The molecule has 0 aliphatic carbocycles. The fourth-order valence-electron chi connectivity index (χ4n) is 1.56. The van der Waals surface area contributed by atoms with Crippen LogP contribution in [0.2, 0.25) is 0 Å². The Morgan fingerprint density at radius 1 is 1.57 bits per heavy atom. The van der Waals surface area contributed by atoms with Crippen molar-refractivity contribution in [1.82, 2.24) is 5.32 Å². The zero-order valence-electron chi connectivity index (χ0n) is 10.8. The van der Waals surface area contributed by atoms with Gasteiger partial charge in [0, 0.05) is 11.8 Å². The second-order valence-electron chi connectivity index (χ2n) is 4.02. The minimum Gasteiger partial charge on any atom is -0.480 e. The molecule has 1 amide bonds. The molecular formula is C12H13BrN2O5S. The van der Waals surface area contributed by atoms with Crippen LogP contribution in [0, 0.1) is 10.1 Å². The second kappa shape index (κ2) is 8.63. The molecule has 0 aromatic heterocycles. The fourth-order valence-corrected chi connectivity index (χ4v) is 3.30. The van der Waals surface area contributed by atoms with E-state index in [1.807, 2.05) is 0 Å². The van der Waals surface area contributed by atoms with Crippen LogP contribution in [0.25, 0.3) is 0 Å². The first-order chi connectivity index (χ1) is 9.97. The van der Waals surface area contributed by atoms with Crippen molar-refractivity contribution in [2.45, 2.75) is 18.2 Å². The minimum absolute atomic E-state index is 0.000802. The lowest BCUT2D eigenvalue weighted by Gasteiger charge is -2.10. The van der Waals surface area contributed by atoms with Crippen LogP contribution in [0.4, 0.5) is 5.69 Å². The molecule has 7 nitrogen and oxygen atoms in total. The molecule has 0 saturated heterocycles. The molecule has 1 aromatic carbocycles. The monoisotopic (exact) mass is 376 g/mol. The third-order valence-electron chi connectivity index (χ3n) is 2.63. The Morgan fingerprint density at radius 3 is 2.86 bits per heavy atom. The number of nitro benzene ring substituents is 1. The molecule has 0 aliphatic heterocycles. The summed E-state index contributed by atoms with van der Waals surface area (Å²) in [4.78, 5) is 31.4. The van der Waals surface area contributed by atoms with Gasteiger partial charge < -0.3 is 10.4 Å². The summed E-state index contributed by atoms with van der Waals surface area (Å²) in [5, 5.41) is 21.9. The van der Waals surface area contributed by atoms with E-state index < -0.39 is 16.9 Å². The average molecular weight is 377 g/mol. The number of rotatable bonds is 9. The summed E-state index contributed by atoms with van der Waals surface area (Å²) >= 11 is 4.64. The van der Waals surface area contributed by atoms with Gasteiger partial charge in [-0.05, 0) is 33.7 Å². The summed E-state index contributed by atoms with van der Waals surface area (Å²) in [7, 11) is 0. The number of carboxylic acid groups (broad SMARTS) is 1. The Hall–Kier alpha value is -1.61. The maximum absolute atomic E-state index is 10.8. The number of carbonyl (C=O) groups is 2. The normalized spacial score (nSPS) is 11.7. The van der Waals surface area contributed by atoms with Crippen LogP contribution in [-0.4, -0.2) is 34.2 Å². The third-order valence-corrected chi connectivity index (χ3v) is 4.59. The largest absolute Gasteiger partial charge is 0.480 e. The molecule has 0 spiro atoms. The Bertz CT molecular complexity index is 540. The molecule has 0 heterocycles. The number of carbonyl (C=O) groups excluding carboxylic acids is 1. The van der Waals surface area contributed by atoms with Crippen LogP contribution >= 0.6 is 27.7 Å². The SMILES string of the molecule is O=CNC(CCSCc1cccc([N+](=O)[O-])c1Br)C(=O)O. The summed E-state index contributed by atoms with van der Waals surface area (Å²) in [6, 6.07) is 3.87. The predicted octanol–water partition coefficient (Wildman–Crippen LogP) is 2.18. The molecule has 9 heteroatoms. The van der Waals surface area contributed by atoms with E-state index in [-0.39, 0.29) is 12.1 Å². The Kier molecular flexibility index (Phi) is 7.17. The topological polar surface area (TPSA) is 110 Å². The predicted molar refractivity (Wildman–Crippen MR) is 82.2 cm³/mol. The highest BCUT2D eigenvalue weighted by Gasteiger charge is 2.17. The summed E-state index contributed by atoms with van der Waals surface area (Å²) in [6.07, 6.45) is 0.645. The lowest BCUT2D eigenvalue weighted by Crippen LogP contribution is -2.36. The van der Waals surface area contributed by atoms with E-state index in [1.54, 1.807) is 12.1 Å². The van der Waals surface area contributed by atoms with Crippen molar-refractivity contribution in [3.8, 4) is 0 Å². The second-order valence-corrected chi connectivity index (χ2v) is 5.92. The van der Waals surface area contributed by atoms with Gasteiger partial charge in [0.25, 0.3) is 5.69 Å². The number of nitro groups is 1. The molecule has 114 valence electrons. The number of hydrogen-bond acceptors (Lipinski definition) is 5. The molecule has 21 heavy (non-hydrogen) atoms. The van der Waals surface area contributed by atoms with Crippen LogP contribution in [0.15, 0.2) is 22.7 Å². The lowest BCUT2D eigenvalue weighted by atomic mass is 10.2. The highest BCUT2D eigenvalue weighted by atomic mass is 79.9. The molecule has 0 aliphatic rings. The van der Waals surface area contributed by atoms with Crippen LogP contribution < -0.4 is 5.32 Å². The Morgan fingerprint density at radius 2 is 2.29 bits per heavy atom. The van der Waals surface area contributed by atoms with Crippen molar-refractivity contribution < 1.29 is 19.6 Å².